The van der Waals surface area contributed by atoms with Gasteiger partial charge in [0.2, 0.25) is 5.91 Å². The molecule has 166 valence electrons. The van der Waals surface area contributed by atoms with Crippen LogP contribution in [0.2, 0.25) is 0 Å². The molecule has 0 spiro atoms. The normalized spacial score (nSPS) is 15.3. The van der Waals surface area contributed by atoms with Crippen molar-refractivity contribution in [3.8, 4) is 5.75 Å². The van der Waals surface area contributed by atoms with Gasteiger partial charge in [-0.3, -0.25) is 4.79 Å². The number of nitrogens with one attached hydrogen (secondary N) is 3. The van der Waals surface area contributed by atoms with Crippen LogP contribution >= 0.6 is 0 Å². The molecule has 0 bridgehead atoms. The van der Waals surface area contributed by atoms with Crippen molar-refractivity contribution >= 4 is 17.6 Å². The third kappa shape index (κ3) is 7.20. The lowest BCUT2D eigenvalue weighted by molar-refractivity contribution is -0.120. The molecule has 0 radical (unpaired) electrons. The molecule has 1 aliphatic heterocycles. The second-order valence-electron chi connectivity index (χ2n) is 7.76. The van der Waals surface area contributed by atoms with Crippen molar-refractivity contribution < 1.29 is 9.53 Å². The number of carbonyl (C=O) groups excluding carboxylic acids is 1. The average Bonchev–Trinajstić information content (AvgIpc) is 2.76. The predicted octanol–water partition coefficient (Wildman–Crippen LogP) is 2.45. The molecule has 7 heteroatoms. The van der Waals surface area contributed by atoms with Gasteiger partial charge in [0.05, 0.1) is 19.6 Å². The monoisotopic (exact) mass is 423 g/mol. The van der Waals surface area contributed by atoms with E-state index in [0.29, 0.717) is 26.2 Å². The fraction of sp³-hybridized carbons (Fsp3) is 0.417. The average molecular weight is 424 g/mol. The Morgan fingerprint density at radius 2 is 2.03 bits per heavy atom. The molecule has 2 aromatic rings. The third-order valence-corrected chi connectivity index (χ3v) is 4.99. The highest BCUT2D eigenvalue weighted by atomic mass is 16.5. The summed E-state index contributed by atoms with van der Waals surface area (Å²) in [5.41, 5.74) is 3.36. The third-order valence-electron chi connectivity index (χ3n) is 4.99. The van der Waals surface area contributed by atoms with Gasteiger partial charge >= 0.3 is 0 Å². The van der Waals surface area contributed by atoms with E-state index in [0.717, 1.165) is 36.0 Å². The van der Waals surface area contributed by atoms with E-state index in [1.165, 1.54) is 5.56 Å². The summed E-state index contributed by atoms with van der Waals surface area (Å²) in [6.07, 6.45) is 0.00619. The minimum Gasteiger partial charge on any atom is -0.489 e. The maximum atomic E-state index is 11.6. The number of anilines is 1. The SMILES string of the molecule is CCNC(=NCc1ccc(N2CCNC(=O)C2)cc1)NCC(C)Oc1cccc(C)c1. The summed E-state index contributed by atoms with van der Waals surface area (Å²) in [4.78, 5) is 18.4. The molecule has 31 heavy (non-hydrogen) atoms. The van der Waals surface area contributed by atoms with Crippen LogP contribution in [-0.2, 0) is 11.3 Å². The predicted molar refractivity (Wildman–Crippen MR) is 126 cm³/mol. The maximum absolute atomic E-state index is 11.6. The number of piperazine rings is 1. The molecule has 0 aliphatic carbocycles. The largest absolute Gasteiger partial charge is 0.489 e. The first-order valence-electron chi connectivity index (χ1n) is 10.9. The van der Waals surface area contributed by atoms with Gasteiger partial charge in [0.15, 0.2) is 5.96 Å². The van der Waals surface area contributed by atoms with E-state index in [-0.39, 0.29) is 12.0 Å². The Morgan fingerprint density at radius 1 is 1.23 bits per heavy atom. The smallest absolute Gasteiger partial charge is 0.239 e. The molecule has 0 aromatic heterocycles. The fourth-order valence-electron chi connectivity index (χ4n) is 3.39. The molecule has 1 unspecified atom stereocenters. The first-order chi connectivity index (χ1) is 15.0. The van der Waals surface area contributed by atoms with Gasteiger partial charge in [-0.25, -0.2) is 4.99 Å². The molecule has 1 atom stereocenters. The highest BCUT2D eigenvalue weighted by molar-refractivity contribution is 5.82. The van der Waals surface area contributed by atoms with Gasteiger partial charge in [-0.1, -0.05) is 24.3 Å². The molecule has 1 aliphatic rings. The number of ether oxygens (including phenoxy) is 1. The van der Waals surface area contributed by atoms with Crippen LogP contribution in [0.5, 0.6) is 5.75 Å². The van der Waals surface area contributed by atoms with Crippen LogP contribution in [0.4, 0.5) is 5.69 Å². The molecule has 2 aromatic carbocycles. The minimum atomic E-state index is 0.00619. The van der Waals surface area contributed by atoms with Crippen molar-refractivity contribution in [2.24, 2.45) is 4.99 Å². The quantitative estimate of drug-likeness (QED) is 0.449. The summed E-state index contributed by atoms with van der Waals surface area (Å²) in [6, 6.07) is 16.3. The summed E-state index contributed by atoms with van der Waals surface area (Å²) in [5, 5.41) is 9.49. The Labute approximate surface area is 184 Å². The number of guanidine groups is 1. The number of rotatable bonds is 8. The molecule has 1 saturated heterocycles. The van der Waals surface area contributed by atoms with Gasteiger partial charge in [0, 0.05) is 25.3 Å². The summed E-state index contributed by atoms with van der Waals surface area (Å²) in [6.45, 7) is 10.1. The van der Waals surface area contributed by atoms with E-state index < -0.39 is 0 Å². The van der Waals surface area contributed by atoms with Gasteiger partial charge in [-0.15, -0.1) is 0 Å². The summed E-state index contributed by atoms with van der Waals surface area (Å²) >= 11 is 0. The second kappa shape index (κ2) is 11.2. The van der Waals surface area contributed by atoms with Crippen LogP contribution in [-0.4, -0.2) is 50.7 Å². The van der Waals surface area contributed by atoms with Crippen molar-refractivity contribution in [3.63, 3.8) is 0 Å². The van der Waals surface area contributed by atoms with Crippen molar-refractivity contribution in [1.29, 1.82) is 0 Å². The Kier molecular flexibility index (Phi) is 8.15. The summed E-state index contributed by atoms with van der Waals surface area (Å²) in [7, 11) is 0. The molecule has 3 rings (SSSR count). The number of aryl methyl sites for hydroxylation is 1. The number of benzene rings is 2. The summed E-state index contributed by atoms with van der Waals surface area (Å²) in [5.74, 6) is 1.71. The lowest BCUT2D eigenvalue weighted by Crippen LogP contribution is -2.47. The first-order valence-corrected chi connectivity index (χ1v) is 10.9. The Balaban J connectivity index is 1.52. The molecule has 1 heterocycles. The first kappa shape index (κ1) is 22.5. The van der Waals surface area contributed by atoms with Gasteiger partial charge in [0.1, 0.15) is 11.9 Å². The van der Waals surface area contributed by atoms with E-state index in [1.807, 2.05) is 32.0 Å². The Hall–Kier alpha value is -3.22. The van der Waals surface area contributed by atoms with E-state index in [1.54, 1.807) is 0 Å². The van der Waals surface area contributed by atoms with Crippen molar-refractivity contribution in [2.75, 3.05) is 37.6 Å². The molecule has 0 saturated carbocycles. The fourth-order valence-corrected chi connectivity index (χ4v) is 3.39. The molecule has 1 amide bonds. The van der Waals surface area contributed by atoms with Crippen molar-refractivity contribution in [2.45, 2.75) is 33.4 Å². The van der Waals surface area contributed by atoms with Crippen LogP contribution in [0.3, 0.4) is 0 Å². The minimum absolute atomic E-state index is 0.00619. The Morgan fingerprint density at radius 3 is 2.74 bits per heavy atom. The van der Waals surface area contributed by atoms with Crippen molar-refractivity contribution in [3.05, 3.63) is 59.7 Å². The molecule has 3 N–H and O–H groups in total. The van der Waals surface area contributed by atoms with Crippen LogP contribution in [0.25, 0.3) is 0 Å². The van der Waals surface area contributed by atoms with E-state index in [2.05, 4.69) is 58.1 Å². The van der Waals surface area contributed by atoms with Gasteiger partial charge in [0.25, 0.3) is 0 Å². The van der Waals surface area contributed by atoms with Crippen LogP contribution in [0.15, 0.2) is 53.5 Å². The zero-order chi connectivity index (χ0) is 22.1. The molecule has 7 nitrogen and oxygen atoms in total. The summed E-state index contributed by atoms with van der Waals surface area (Å²) < 4.78 is 5.99. The van der Waals surface area contributed by atoms with E-state index >= 15 is 0 Å². The molecular formula is C24H33N5O2. The van der Waals surface area contributed by atoms with Crippen LogP contribution in [0, 0.1) is 6.92 Å². The number of nitrogens with zero attached hydrogens (tertiary/aromatic N) is 2. The zero-order valence-electron chi connectivity index (χ0n) is 18.6. The highest BCUT2D eigenvalue weighted by Crippen LogP contribution is 2.17. The van der Waals surface area contributed by atoms with E-state index in [4.69, 9.17) is 9.73 Å². The van der Waals surface area contributed by atoms with E-state index in [9.17, 15) is 4.79 Å². The number of amides is 1. The highest BCUT2D eigenvalue weighted by Gasteiger charge is 2.16. The molecular weight excluding hydrogens is 390 g/mol. The number of carbonyl (C=O) groups is 1. The van der Waals surface area contributed by atoms with Crippen LogP contribution < -0.4 is 25.6 Å². The van der Waals surface area contributed by atoms with Gasteiger partial charge in [-0.2, -0.15) is 0 Å². The second-order valence-corrected chi connectivity index (χ2v) is 7.76. The zero-order valence-corrected chi connectivity index (χ0v) is 18.6. The lowest BCUT2D eigenvalue weighted by Gasteiger charge is -2.28. The number of hydrogen-bond donors (Lipinski definition) is 3. The standard InChI is InChI=1S/C24H33N5O2/c1-4-25-24(27-15-19(3)31-22-7-5-6-18(2)14-22)28-16-20-8-10-21(11-9-20)29-13-12-26-23(30)17-29/h5-11,14,19H,4,12-13,15-17H2,1-3H3,(H,26,30)(H2,25,27,28). The number of aliphatic imine (C=N–C) groups is 1. The number of hydrogen-bond acceptors (Lipinski definition) is 4. The topological polar surface area (TPSA) is 78.0 Å². The molecule has 1 fully saturated rings. The lowest BCUT2D eigenvalue weighted by atomic mass is 10.2. The Bertz CT molecular complexity index is 882. The maximum Gasteiger partial charge on any atom is 0.239 e. The van der Waals surface area contributed by atoms with Gasteiger partial charge in [-0.05, 0) is 56.2 Å². The van der Waals surface area contributed by atoms with Crippen molar-refractivity contribution in [1.82, 2.24) is 16.0 Å². The van der Waals surface area contributed by atoms with Crippen LogP contribution in [0.1, 0.15) is 25.0 Å². The van der Waals surface area contributed by atoms with Gasteiger partial charge < -0.3 is 25.6 Å².